The maximum absolute atomic E-state index is 13.1. The molecule has 0 saturated carbocycles. The lowest BCUT2D eigenvalue weighted by atomic mass is 10.1. The molecule has 8 nitrogen and oxygen atoms in total. The van der Waals surface area contributed by atoms with E-state index < -0.39 is 17.6 Å². The van der Waals surface area contributed by atoms with E-state index in [-0.39, 0.29) is 11.5 Å². The molecular formula is C29H28F3N5O3S. The molecule has 0 bridgehead atoms. The second-order valence-corrected chi connectivity index (χ2v) is 10.6. The molecule has 12 heteroatoms. The van der Waals surface area contributed by atoms with Gasteiger partial charge in [-0.05, 0) is 61.0 Å². The van der Waals surface area contributed by atoms with Crippen LogP contribution in [0.1, 0.15) is 31.8 Å². The number of nitrogens with zero attached hydrogens (tertiary/aromatic N) is 2. The molecule has 4 aromatic rings. The Bertz CT molecular complexity index is 1570. The van der Waals surface area contributed by atoms with Crippen LogP contribution in [0.4, 0.5) is 29.7 Å². The van der Waals surface area contributed by atoms with Gasteiger partial charge in [0.1, 0.15) is 0 Å². The van der Waals surface area contributed by atoms with Crippen molar-refractivity contribution in [2.75, 3.05) is 55.3 Å². The molecule has 3 N–H and O–H groups in total. The molecule has 2 amide bonds. The van der Waals surface area contributed by atoms with Crippen LogP contribution in [0.5, 0.6) is 0 Å². The Labute approximate surface area is 238 Å². The number of rotatable bonds is 8. The fourth-order valence-electron chi connectivity index (χ4n) is 4.36. The number of nitrogens with one attached hydrogen (secondary N) is 3. The van der Waals surface area contributed by atoms with Crippen LogP contribution >= 0.6 is 11.3 Å². The van der Waals surface area contributed by atoms with Gasteiger partial charge in [0.25, 0.3) is 11.8 Å². The van der Waals surface area contributed by atoms with Gasteiger partial charge in [0.15, 0.2) is 5.13 Å². The van der Waals surface area contributed by atoms with Gasteiger partial charge in [-0.1, -0.05) is 23.5 Å². The zero-order valence-electron chi connectivity index (χ0n) is 22.2. The van der Waals surface area contributed by atoms with E-state index in [0.29, 0.717) is 16.9 Å². The first-order chi connectivity index (χ1) is 19.7. The largest absolute Gasteiger partial charge is 0.416 e. The number of morpholine rings is 1. The highest BCUT2D eigenvalue weighted by molar-refractivity contribution is 7.22. The van der Waals surface area contributed by atoms with Gasteiger partial charge < -0.3 is 20.7 Å². The minimum absolute atomic E-state index is 0.126. The van der Waals surface area contributed by atoms with E-state index >= 15 is 0 Å². The first-order valence-electron chi connectivity index (χ1n) is 13.0. The number of hydrogen-bond acceptors (Lipinski definition) is 7. The summed E-state index contributed by atoms with van der Waals surface area (Å²) >= 11 is 1.47. The number of amides is 2. The van der Waals surface area contributed by atoms with Crippen molar-refractivity contribution in [3.63, 3.8) is 0 Å². The van der Waals surface area contributed by atoms with Crippen LogP contribution in [0.2, 0.25) is 0 Å². The number of carbonyl (C=O) groups is 2. The van der Waals surface area contributed by atoms with Crippen molar-refractivity contribution < 1.29 is 27.5 Å². The average molecular weight is 584 g/mol. The molecular weight excluding hydrogens is 555 g/mol. The summed E-state index contributed by atoms with van der Waals surface area (Å²) in [7, 11) is 0. The van der Waals surface area contributed by atoms with Gasteiger partial charge in [0, 0.05) is 48.7 Å². The minimum atomic E-state index is -4.55. The molecule has 0 spiro atoms. The van der Waals surface area contributed by atoms with Crippen LogP contribution in [0.25, 0.3) is 10.2 Å². The zero-order chi connectivity index (χ0) is 29.0. The minimum Gasteiger partial charge on any atom is -0.379 e. The van der Waals surface area contributed by atoms with E-state index in [2.05, 4.69) is 25.8 Å². The lowest BCUT2D eigenvalue weighted by molar-refractivity contribution is -0.137. The Kier molecular flexibility index (Phi) is 8.52. The molecule has 1 fully saturated rings. The summed E-state index contributed by atoms with van der Waals surface area (Å²) in [5, 5.41) is 9.61. The van der Waals surface area contributed by atoms with Crippen molar-refractivity contribution in [3.8, 4) is 0 Å². The summed E-state index contributed by atoms with van der Waals surface area (Å²) in [6.45, 7) is 6.80. The maximum Gasteiger partial charge on any atom is 0.416 e. The van der Waals surface area contributed by atoms with E-state index in [1.807, 2.05) is 0 Å². The molecule has 41 heavy (non-hydrogen) atoms. The second kappa shape index (κ2) is 12.2. The average Bonchev–Trinajstić information content (AvgIpc) is 3.37. The number of hydrogen-bond donors (Lipinski definition) is 3. The Balaban J connectivity index is 1.23. The third-order valence-electron chi connectivity index (χ3n) is 6.65. The number of halogens is 3. The van der Waals surface area contributed by atoms with Crippen molar-refractivity contribution in [2.45, 2.75) is 13.1 Å². The Morgan fingerprint density at radius 3 is 2.51 bits per heavy atom. The van der Waals surface area contributed by atoms with E-state index in [4.69, 9.17) is 4.74 Å². The number of aromatic nitrogens is 1. The van der Waals surface area contributed by atoms with Crippen molar-refractivity contribution in [1.29, 1.82) is 0 Å². The lowest BCUT2D eigenvalue weighted by Gasteiger charge is -2.26. The van der Waals surface area contributed by atoms with Gasteiger partial charge in [0.05, 0.1) is 29.0 Å². The van der Waals surface area contributed by atoms with Crippen molar-refractivity contribution in [1.82, 2.24) is 9.88 Å². The van der Waals surface area contributed by atoms with Crippen molar-refractivity contribution in [3.05, 3.63) is 82.9 Å². The second-order valence-electron chi connectivity index (χ2n) is 9.60. The zero-order valence-corrected chi connectivity index (χ0v) is 23.0. The van der Waals surface area contributed by atoms with E-state index in [9.17, 15) is 22.8 Å². The predicted molar refractivity (Wildman–Crippen MR) is 154 cm³/mol. The first kappa shape index (κ1) is 28.5. The van der Waals surface area contributed by atoms with Gasteiger partial charge in [-0.15, -0.1) is 0 Å². The van der Waals surface area contributed by atoms with Gasteiger partial charge in [-0.25, -0.2) is 4.98 Å². The standard InChI is InChI=1S/C29H28F3N5O3S/c1-18-5-7-22(34-26(38)19-3-2-4-21(15-19)29(30,31)32)17-24(18)35-27(39)20-6-8-23-25(16-20)41-28(36-23)33-9-10-37-11-13-40-14-12-37/h2-8,15-17H,9-14H2,1H3,(H,33,36)(H,34,38)(H,35,39). The molecule has 1 aliphatic rings. The smallest absolute Gasteiger partial charge is 0.379 e. The highest BCUT2D eigenvalue weighted by atomic mass is 32.1. The Morgan fingerprint density at radius 2 is 1.73 bits per heavy atom. The van der Waals surface area contributed by atoms with E-state index in [1.54, 1.807) is 43.3 Å². The summed E-state index contributed by atoms with van der Waals surface area (Å²) in [6, 6.07) is 14.4. The van der Waals surface area contributed by atoms with Crippen molar-refractivity contribution >= 4 is 49.9 Å². The fourth-order valence-corrected chi connectivity index (χ4v) is 5.29. The van der Waals surface area contributed by atoms with Crippen LogP contribution in [0.15, 0.2) is 60.7 Å². The predicted octanol–water partition coefficient (Wildman–Crippen LogP) is 5.87. The number of fused-ring (bicyclic) bond motifs is 1. The molecule has 0 aliphatic carbocycles. The van der Waals surface area contributed by atoms with Gasteiger partial charge >= 0.3 is 6.18 Å². The van der Waals surface area contributed by atoms with E-state index in [0.717, 1.165) is 72.4 Å². The molecule has 214 valence electrons. The number of aryl methyl sites for hydroxylation is 1. The topological polar surface area (TPSA) is 95.6 Å². The molecule has 1 saturated heterocycles. The summed E-state index contributed by atoms with van der Waals surface area (Å²) < 4.78 is 45.3. The number of benzene rings is 3. The van der Waals surface area contributed by atoms with Crippen LogP contribution in [-0.4, -0.2) is 61.1 Å². The van der Waals surface area contributed by atoms with Crippen molar-refractivity contribution in [2.24, 2.45) is 0 Å². The van der Waals surface area contributed by atoms with Gasteiger partial charge in [-0.2, -0.15) is 13.2 Å². The highest BCUT2D eigenvalue weighted by Gasteiger charge is 2.31. The van der Waals surface area contributed by atoms with Gasteiger partial charge in [0.2, 0.25) is 0 Å². The number of anilines is 3. The van der Waals surface area contributed by atoms with Crippen LogP contribution in [0, 0.1) is 6.92 Å². The molecule has 3 aromatic carbocycles. The number of thiazole rings is 1. The quantitative estimate of drug-likeness (QED) is 0.240. The number of carbonyl (C=O) groups excluding carboxylic acids is 2. The summed E-state index contributed by atoms with van der Waals surface area (Å²) in [5.41, 5.74) is 1.75. The van der Waals surface area contributed by atoms with E-state index in [1.165, 1.54) is 23.5 Å². The maximum atomic E-state index is 13.1. The summed E-state index contributed by atoms with van der Waals surface area (Å²) in [5.74, 6) is -1.03. The third-order valence-corrected chi connectivity index (χ3v) is 7.63. The summed E-state index contributed by atoms with van der Waals surface area (Å²) in [4.78, 5) is 32.7. The molecule has 1 aromatic heterocycles. The fraction of sp³-hybridized carbons (Fsp3) is 0.276. The molecule has 0 atom stereocenters. The first-order valence-corrected chi connectivity index (χ1v) is 13.8. The Morgan fingerprint density at radius 1 is 0.976 bits per heavy atom. The molecule has 1 aliphatic heterocycles. The monoisotopic (exact) mass is 583 g/mol. The molecule has 0 radical (unpaired) electrons. The highest BCUT2D eigenvalue weighted by Crippen LogP contribution is 2.30. The normalized spacial score (nSPS) is 14.1. The molecule has 5 rings (SSSR count). The SMILES string of the molecule is Cc1ccc(NC(=O)c2cccc(C(F)(F)F)c2)cc1NC(=O)c1ccc2nc(NCCN3CCOCC3)sc2c1. The van der Waals surface area contributed by atoms with Crippen LogP contribution < -0.4 is 16.0 Å². The number of ether oxygens (including phenoxy) is 1. The van der Waals surface area contributed by atoms with Crippen LogP contribution in [-0.2, 0) is 10.9 Å². The summed E-state index contributed by atoms with van der Waals surface area (Å²) in [6.07, 6.45) is -4.55. The molecule has 0 unspecified atom stereocenters. The third kappa shape index (κ3) is 7.20. The van der Waals surface area contributed by atoms with Crippen LogP contribution in [0.3, 0.4) is 0 Å². The number of alkyl halides is 3. The molecule has 2 heterocycles. The lowest BCUT2D eigenvalue weighted by Crippen LogP contribution is -2.38. The van der Waals surface area contributed by atoms with Gasteiger partial charge in [-0.3, -0.25) is 14.5 Å². The Hall–Kier alpha value is -4.00.